The summed E-state index contributed by atoms with van der Waals surface area (Å²) in [4.78, 5) is 0. The molecule has 0 N–H and O–H groups in total. The zero-order valence-electron chi connectivity index (χ0n) is 10.1. The topological polar surface area (TPSA) is 46.6 Å². The summed E-state index contributed by atoms with van der Waals surface area (Å²) in [6, 6.07) is 7.20. The fraction of sp³-hybridized carbons (Fsp3) is 0.500. The molecule has 1 aromatic rings. The zero-order chi connectivity index (χ0) is 12.5. The van der Waals surface area contributed by atoms with Gasteiger partial charge in [-0.15, -0.1) is 0 Å². The van der Waals surface area contributed by atoms with E-state index in [0.29, 0.717) is 13.0 Å². The van der Waals surface area contributed by atoms with Crippen molar-refractivity contribution in [3.63, 3.8) is 0 Å². The van der Waals surface area contributed by atoms with Crippen LogP contribution in [0, 0.1) is 0 Å². The molecule has 0 unspecified atom stereocenters. The Morgan fingerprint density at radius 2 is 1.88 bits per heavy atom. The van der Waals surface area contributed by atoms with E-state index in [1.807, 2.05) is 26.0 Å². The fourth-order valence-electron chi connectivity index (χ4n) is 1.89. The van der Waals surface area contributed by atoms with Crippen LogP contribution in [0.3, 0.4) is 0 Å². The fourth-order valence-corrected chi connectivity index (χ4v) is 3.46. The monoisotopic (exact) mass is 255 g/mol. The van der Waals surface area contributed by atoms with Gasteiger partial charge in [0, 0.05) is 6.54 Å². The Kier molecular flexibility index (Phi) is 3.28. The molecule has 0 atom stereocenters. The van der Waals surface area contributed by atoms with Gasteiger partial charge in [-0.25, -0.2) is 8.42 Å². The number of anilines is 1. The van der Waals surface area contributed by atoms with Gasteiger partial charge in [0.15, 0.2) is 0 Å². The van der Waals surface area contributed by atoms with Crippen molar-refractivity contribution in [1.29, 1.82) is 0 Å². The summed E-state index contributed by atoms with van der Waals surface area (Å²) in [6.07, 6.45) is 0.823. The van der Waals surface area contributed by atoms with Crippen LogP contribution in [0.4, 0.5) is 5.69 Å². The van der Waals surface area contributed by atoms with Gasteiger partial charge in [-0.05, 0) is 44.5 Å². The maximum absolute atomic E-state index is 11.7. The van der Waals surface area contributed by atoms with Gasteiger partial charge in [-0.2, -0.15) is 0 Å². The number of hydrogen-bond acceptors (Lipinski definition) is 3. The third-order valence-corrected chi connectivity index (χ3v) is 4.47. The van der Waals surface area contributed by atoms with Crippen molar-refractivity contribution < 1.29 is 13.2 Å². The van der Waals surface area contributed by atoms with Crippen molar-refractivity contribution in [2.75, 3.05) is 16.6 Å². The average molecular weight is 255 g/mol. The summed E-state index contributed by atoms with van der Waals surface area (Å²) in [5.74, 6) is 1.01. The molecule has 4 nitrogen and oxygen atoms in total. The minimum Gasteiger partial charge on any atom is -0.491 e. The second kappa shape index (κ2) is 4.56. The van der Waals surface area contributed by atoms with Crippen LogP contribution in [0.1, 0.15) is 20.3 Å². The highest BCUT2D eigenvalue weighted by molar-refractivity contribution is 7.93. The van der Waals surface area contributed by atoms with Crippen LogP contribution >= 0.6 is 0 Å². The van der Waals surface area contributed by atoms with E-state index < -0.39 is 10.0 Å². The third kappa shape index (κ3) is 2.72. The number of ether oxygens (including phenoxy) is 1. The van der Waals surface area contributed by atoms with E-state index >= 15 is 0 Å². The Hall–Kier alpha value is -1.23. The normalized spacial score (nSPS) is 18.6. The van der Waals surface area contributed by atoms with Crippen LogP contribution in [0.25, 0.3) is 0 Å². The molecular formula is C12H17NO3S. The quantitative estimate of drug-likeness (QED) is 0.830. The largest absolute Gasteiger partial charge is 0.491 e. The van der Waals surface area contributed by atoms with E-state index in [1.165, 1.54) is 4.31 Å². The van der Waals surface area contributed by atoms with Gasteiger partial charge in [0.05, 0.1) is 17.5 Å². The van der Waals surface area contributed by atoms with Crippen molar-refractivity contribution in [3.8, 4) is 5.75 Å². The Morgan fingerprint density at radius 1 is 1.24 bits per heavy atom. The number of benzene rings is 1. The smallest absolute Gasteiger partial charge is 0.235 e. The molecule has 0 aromatic heterocycles. The van der Waals surface area contributed by atoms with E-state index in [9.17, 15) is 8.42 Å². The molecular weight excluding hydrogens is 238 g/mol. The first-order chi connectivity index (χ1) is 7.99. The molecule has 1 aliphatic rings. The molecule has 1 heterocycles. The number of hydrogen-bond donors (Lipinski definition) is 0. The van der Waals surface area contributed by atoms with Gasteiger partial charge in [0.2, 0.25) is 10.0 Å². The molecule has 1 fully saturated rings. The molecule has 1 aliphatic heterocycles. The minimum absolute atomic E-state index is 0.122. The molecule has 0 saturated carbocycles. The van der Waals surface area contributed by atoms with E-state index in [-0.39, 0.29) is 11.9 Å². The molecule has 0 aliphatic carbocycles. The highest BCUT2D eigenvalue weighted by atomic mass is 32.2. The maximum atomic E-state index is 11.7. The van der Waals surface area contributed by atoms with Gasteiger partial charge in [0.25, 0.3) is 0 Å². The molecule has 1 saturated heterocycles. The van der Waals surface area contributed by atoms with Crippen LogP contribution in [0.15, 0.2) is 24.3 Å². The summed E-state index contributed by atoms with van der Waals surface area (Å²) < 4.78 is 30.4. The van der Waals surface area contributed by atoms with Crippen molar-refractivity contribution in [1.82, 2.24) is 0 Å². The zero-order valence-corrected chi connectivity index (χ0v) is 10.9. The molecule has 0 radical (unpaired) electrons. The Morgan fingerprint density at radius 3 is 2.35 bits per heavy atom. The lowest BCUT2D eigenvalue weighted by atomic mass is 10.3. The van der Waals surface area contributed by atoms with Gasteiger partial charge in [-0.3, -0.25) is 4.31 Å². The molecule has 5 heteroatoms. The van der Waals surface area contributed by atoms with Gasteiger partial charge < -0.3 is 4.74 Å². The van der Waals surface area contributed by atoms with Crippen molar-refractivity contribution in [2.45, 2.75) is 26.4 Å². The third-order valence-electron chi connectivity index (χ3n) is 2.60. The van der Waals surface area contributed by atoms with E-state index in [1.54, 1.807) is 12.1 Å². The first-order valence-electron chi connectivity index (χ1n) is 5.76. The molecule has 0 amide bonds. The SMILES string of the molecule is CC(C)Oc1ccc(N2CCCS2(=O)=O)cc1. The molecule has 94 valence electrons. The summed E-state index contributed by atoms with van der Waals surface area (Å²) in [5.41, 5.74) is 0.721. The Balaban J connectivity index is 2.18. The van der Waals surface area contributed by atoms with Crippen LogP contribution in [0.2, 0.25) is 0 Å². The van der Waals surface area contributed by atoms with Gasteiger partial charge in [-0.1, -0.05) is 0 Å². The van der Waals surface area contributed by atoms with Crippen molar-refractivity contribution >= 4 is 15.7 Å². The average Bonchev–Trinajstić information content (AvgIpc) is 2.58. The van der Waals surface area contributed by atoms with Gasteiger partial charge >= 0.3 is 0 Å². The Bertz CT molecular complexity index is 479. The van der Waals surface area contributed by atoms with Crippen LogP contribution in [-0.4, -0.2) is 26.8 Å². The van der Waals surface area contributed by atoms with Crippen LogP contribution in [0.5, 0.6) is 5.75 Å². The summed E-state index contributed by atoms with van der Waals surface area (Å²) >= 11 is 0. The summed E-state index contributed by atoms with van der Waals surface area (Å²) in [7, 11) is -3.08. The highest BCUT2D eigenvalue weighted by Crippen LogP contribution is 2.26. The lowest BCUT2D eigenvalue weighted by Crippen LogP contribution is -2.24. The van der Waals surface area contributed by atoms with Crippen molar-refractivity contribution in [2.24, 2.45) is 0 Å². The summed E-state index contributed by atoms with van der Waals surface area (Å²) in [5, 5.41) is 0. The molecule has 17 heavy (non-hydrogen) atoms. The second-order valence-corrected chi connectivity index (χ2v) is 6.42. The number of rotatable bonds is 3. The molecule has 0 spiro atoms. The predicted molar refractivity (Wildman–Crippen MR) is 68.0 cm³/mol. The molecule has 2 rings (SSSR count). The maximum Gasteiger partial charge on any atom is 0.235 e. The predicted octanol–water partition coefficient (Wildman–Crippen LogP) is 2.01. The molecule has 0 bridgehead atoms. The van der Waals surface area contributed by atoms with Crippen LogP contribution in [-0.2, 0) is 10.0 Å². The number of sulfonamides is 1. The van der Waals surface area contributed by atoms with Crippen molar-refractivity contribution in [3.05, 3.63) is 24.3 Å². The summed E-state index contributed by atoms with van der Waals surface area (Å²) in [6.45, 7) is 4.49. The first-order valence-corrected chi connectivity index (χ1v) is 7.37. The van der Waals surface area contributed by atoms with Crippen LogP contribution < -0.4 is 9.04 Å². The molecule has 1 aromatic carbocycles. The first kappa shape index (κ1) is 12.2. The highest BCUT2D eigenvalue weighted by Gasteiger charge is 2.28. The number of nitrogens with zero attached hydrogens (tertiary/aromatic N) is 1. The van der Waals surface area contributed by atoms with Gasteiger partial charge in [0.1, 0.15) is 5.75 Å². The lowest BCUT2D eigenvalue weighted by Gasteiger charge is -2.17. The van der Waals surface area contributed by atoms with E-state index in [2.05, 4.69) is 0 Å². The van der Waals surface area contributed by atoms with E-state index in [4.69, 9.17) is 4.74 Å². The second-order valence-electron chi connectivity index (χ2n) is 4.40. The minimum atomic E-state index is -3.08. The standard InChI is InChI=1S/C12H17NO3S/c1-10(2)16-12-6-4-11(5-7-12)13-8-3-9-17(13,14)15/h4-7,10H,3,8-9H2,1-2H3. The van der Waals surface area contributed by atoms with E-state index in [0.717, 1.165) is 11.4 Å². The Labute approximate surface area is 102 Å². The lowest BCUT2D eigenvalue weighted by molar-refractivity contribution is 0.242.